The van der Waals surface area contributed by atoms with E-state index >= 15 is 0 Å². The maximum Gasteiger partial charge on any atom is 0.308 e. The van der Waals surface area contributed by atoms with Crippen molar-refractivity contribution >= 4 is 5.97 Å². The molecule has 3 heteroatoms. The van der Waals surface area contributed by atoms with Gasteiger partial charge in [-0.05, 0) is 44.2 Å². The second kappa shape index (κ2) is 4.52. The number of carbonyl (C=O) groups excluding carboxylic acids is 1. The molecule has 0 aromatic rings. The molecule has 3 heterocycles. The Morgan fingerprint density at radius 1 is 1.47 bits per heavy atom. The van der Waals surface area contributed by atoms with Crippen LogP contribution >= 0.6 is 0 Å². The molecule has 0 spiro atoms. The molecule has 2 unspecified atom stereocenters. The van der Waals surface area contributed by atoms with Crippen molar-refractivity contribution in [1.29, 1.82) is 0 Å². The van der Waals surface area contributed by atoms with Gasteiger partial charge in [-0.2, -0.15) is 0 Å². The molecule has 0 aliphatic carbocycles. The van der Waals surface area contributed by atoms with Crippen LogP contribution in [0.2, 0.25) is 0 Å². The molecule has 0 radical (unpaired) electrons. The normalized spacial score (nSPS) is 36.3. The predicted molar refractivity (Wildman–Crippen MR) is 58.5 cm³/mol. The summed E-state index contributed by atoms with van der Waals surface area (Å²) in [5.74, 6) is 1.61. The summed E-state index contributed by atoms with van der Waals surface area (Å²) in [7, 11) is 1.48. The van der Waals surface area contributed by atoms with Crippen LogP contribution in [-0.2, 0) is 9.53 Å². The van der Waals surface area contributed by atoms with Crippen molar-refractivity contribution in [3.63, 3.8) is 0 Å². The van der Waals surface area contributed by atoms with E-state index in [1.807, 2.05) is 6.92 Å². The van der Waals surface area contributed by atoms with Crippen LogP contribution in [0, 0.1) is 17.8 Å². The summed E-state index contributed by atoms with van der Waals surface area (Å²) in [4.78, 5) is 13.9. The van der Waals surface area contributed by atoms with Gasteiger partial charge in [0, 0.05) is 6.54 Å². The lowest BCUT2D eigenvalue weighted by molar-refractivity contribution is -0.146. The molecule has 86 valence electrons. The molecule has 2 bridgehead atoms. The van der Waals surface area contributed by atoms with Gasteiger partial charge in [0.05, 0.1) is 13.0 Å². The second-order valence-electron chi connectivity index (χ2n) is 5.06. The predicted octanol–water partition coefficient (Wildman–Crippen LogP) is 1.53. The fourth-order valence-corrected chi connectivity index (χ4v) is 3.11. The third-order valence-corrected chi connectivity index (χ3v) is 4.05. The van der Waals surface area contributed by atoms with Crippen molar-refractivity contribution in [3.05, 3.63) is 0 Å². The van der Waals surface area contributed by atoms with Crippen LogP contribution in [0.4, 0.5) is 0 Å². The van der Waals surface area contributed by atoms with Crippen LogP contribution in [0.1, 0.15) is 26.2 Å². The first-order valence-electron chi connectivity index (χ1n) is 6.01. The highest BCUT2D eigenvalue weighted by atomic mass is 16.5. The van der Waals surface area contributed by atoms with E-state index < -0.39 is 0 Å². The number of nitrogens with zero attached hydrogens (tertiary/aromatic N) is 1. The lowest BCUT2D eigenvalue weighted by atomic mass is 9.75. The van der Waals surface area contributed by atoms with Gasteiger partial charge in [0.15, 0.2) is 0 Å². The average Bonchev–Trinajstić information content (AvgIpc) is 2.29. The molecule has 3 saturated heterocycles. The largest absolute Gasteiger partial charge is 0.469 e. The molecule has 3 aliphatic rings. The minimum atomic E-state index is -0.0496. The monoisotopic (exact) mass is 211 g/mol. The van der Waals surface area contributed by atoms with E-state index in [0.29, 0.717) is 0 Å². The van der Waals surface area contributed by atoms with Gasteiger partial charge in [-0.15, -0.1) is 0 Å². The van der Waals surface area contributed by atoms with Crippen LogP contribution in [0.5, 0.6) is 0 Å². The Hall–Kier alpha value is -0.570. The number of fused-ring (bicyclic) bond motifs is 3. The first-order valence-corrected chi connectivity index (χ1v) is 6.01. The van der Waals surface area contributed by atoms with E-state index in [2.05, 4.69) is 4.90 Å². The third kappa shape index (κ3) is 2.33. The van der Waals surface area contributed by atoms with Crippen molar-refractivity contribution < 1.29 is 9.53 Å². The van der Waals surface area contributed by atoms with Crippen LogP contribution in [0.15, 0.2) is 0 Å². The molecule has 2 atom stereocenters. The van der Waals surface area contributed by atoms with Crippen molar-refractivity contribution in [2.75, 3.05) is 26.7 Å². The first-order chi connectivity index (χ1) is 7.20. The second-order valence-corrected chi connectivity index (χ2v) is 5.06. The summed E-state index contributed by atoms with van der Waals surface area (Å²) in [5.41, 5.74) is 0. The Kier molecular flexibility index (Phi) is 3.29. The molecule has 15 heavy (non-hydrogen) atoms. The van der Waals surface area contributed by atoms with Gasteiger partial charge in [0.2, 0.25) is 0 Å². The minimum absolute atomic E-state index is 0.0496. The molecule has 0 saturated carbocycles. The molecular weight excluding hydrogens is 190 g/mol. The van der Waals surface area contributed by atoms with E-state index in [9.17, 15) is 4.79 Å². The topological polar surface area (TPSA) is 29.5 Å². The molecule has 0 N–H and O–H groups in total. The quantitative estimate of drug-likeness (QED) is 0.663. The summed E-state index contributed by atoms with van der Waals surface area (Å²) in [6, 6.07) is 0. The molecule has 3 fully saturated rings. The van der Waals surface area contributed by atoms with Crippen LogP contribution in [0.25, 0.3) is 0 Å². The summed E-state index contributed by atoms with van der Waals surface area (Å²) in [5, 5.41) is 0. The van der Waals surface area contributed by atoms with Gasteiger partial charge in [-0.1, -0.05) is 6.92 Å². The number of carbonyl (C=O) groups is 1. The van der Waals surface area contributed by atoms with E-state index in [1.165, 1.54) is 39.6 Å². The lowest BCUT2D eigenvalue weighted by Gasteiger charge is -2.45. The number of ether oxygens (including phenoxy) is 1. The van der Waals surface area contributed by atoms with Gasteiger partial charge in [-0.25, -0.2) is 0 Å². The summed E-state index contributed by atoms with van der Waals surface area (Å²) in [6.07, 6.45) is 3.67. The molecule has 3 aliphatic heterocycles. The van der Waals surface area contributed by atoms with Gasteiger partial charge in [-0.3, -0.25) is 4.79 Å². The fraction of sp³-hybridized carbons (Fsp3) is 0.917. The minimum Gasteiger partial charge on any atom is -0.469 e. The Morgan fingerprint density at radius 3 is 2.60 bits per heavy atom. The molecule has 3 rings (SSSR count). The average molecular weight is 211 g/mol. The third-order valence-electron chi connectivity index (χ3n) is 4.05. The Morgan fingerprint density at radius 2 is 2.13 bits per heavy atom. The zero-order valence-electron chi connectivity index (χ0n) is 9.74. The number of methoxy groups -OCH3 is 1. The van der Waals surface area contributed by atoms with E-state index in [1.54, 1.807) is 0 Å². The highest BCUT2D eigenvalue weighted by Crippen LogP contribution is 2.35. The lowest BCUT2D eigenvalue weighted by Crippen LogP contribution is -2.48. The summed E-state index contributed by atoms with van der Waals surface area (Å²) in [6.45, 7) is 5.73. The summed E-state index contributed by atoms with van der Waals surface area (Å²) >= 11 is 0. The van der Waals surface area contributed by atoms with Crippen LogP contribution < -0.4 is 0 Å². The van der Waals surface area contributed by atoms with Crippen LogP contribution in [0.3, 0.4) is 0 Å². The van der Waals surface area contributed by atoms with Gasteiger partial charge >= 0.3 is 5.97 Å². The Labute approximate surface area is 91.8 Å². The smallest absolute Gasteiger partial charge is 0.308 e. The SMILES string of the molecule is COC(=O)C(C)CC1CN2CCC1CC2. The highest BCUT2D eigenvalue weighted by Gasteiger charge is 2.35. The van der Waals surface area contributed by atoms with E-state index in [4.69, 9.17) is 4.74 Å². The zero-order chi connectivity index (χ0) is 10.8. The number of esters is 1. The van der Waals surface area contributed by atoms with Gasteiger partial charge < -0.3 is 9.64 Å². The zero-order valence-corrected chi connectivity index (χ0v) is 9.74. The number of hydrogen-bond donors (Lipinski definition) is 0. The van der Waals surface area contributed by atoms with Crippen molar-refractivity contribution in [2.45, 2.75) is 26.2 Å². The van der Waals surface area contributed by atoms with Gasteiger partial charge in [0.25, 0.3) is 0 Å². The van der Waals surface area contributed by atoms with Crippen molar-refractivity contribution in [2.24, 2.45) is 17.8 Å². The maximum absolute atomic E-state index is 11.4. The Balaban J connectivity index is 1.87. The van der Waals surface area contributed by atoms with Crippen molar-refractivity contribution in [3.8, 4) is 0 Å². The highest BCUT2D eigenvalue weighted by molar-refractivity contribution is 5.71. The Bertz CT molecular complexity index is 234. The number of piperidine rings is 3. The summed E-state index contributed by atoms with van der Waals surface area (Å²) < 4.78 is 4.78. The molecule has 3 nitrogen and oxygen atoms in total. The first kappa shape index (κ1) is 10.9. The molecule has 0 aromatic carbocycles. The van der Waals surface area contributed by atoms with E-state index in [-0.39, 0.29) is 11.9 Å². The molecule has 0 aromatic heterocycles. The van der Waals surface area contributed by atoms with E-state index in [0.717, 1.165) is 18.3 Å². The number of rotatable bonds is 3. The fourth-order valence-electron chi connectivity index (χ4n) is 3.11. The van der Waals surface area contributed by atoms with Gasteiger partial charge in [0.1, 0.15) is 0 Å². The van der Waals surface area contributed by atoms with Crippen molar-refractivity contribution in [1.82, 2.24) is 4.90 Å². The van der Waals surface area contributed by atoms with Crippen LogP contribution in [-0.4, -0.2) is 37.6 Å². The molecular formula is C12H21NO2. The molecule has 0 amide bonds. The number of hydrogen-bond acceptors (Lipinski definition) is 3. The maximum atomic E-state index is 11.4. The standard InChI is InChI=1S/C12H21NO2/c1-9(12(14)15-2)7-11-8-13-5-3-10(11)4-6-13/h9-11H,3-8H2,1-2H3.